The molecular weight excluding hydrogens is 414 g/mol. The van der Waals surface area contributed by atoms with Gasteiger partial charge in [-0.25, -0.2) is 14.6 Å². The number of hydrogen-bond donors (Lipinski definition) is 2. The predicted octanol–water partition coefficient (Wildman–Crippen LogP) is 5.13. The molecular formula is C23H27N3O4S. The fourth-order valence-electron chi connectivity index (χ4n) is 3.55. The van der Waals surface area contributed by atoms with E-state index in [2.05, 4.69) is 15.6 Å². The molecule has 3 rings (SSSR count). The number of urea groups is 1. The van der Waals surface area contributed by atoms with Gasteiger partial charge in [0, 0.05) is 29.4 Å². The van der Waals surface area contributed by atoms with Gasteiger partial charge >= 0.3 is 12.0 Å². The van der Waals surface area contributed by atoms with E-state index in [1.165, 1.54) is 17.4 Å². The molecule has 1 aromatic carbocycles. The van der Waals surface area contributed by atoms with Crippen molar-refractivity contribution in [2.75, 3.05) is 17.2 Å². The van der Waals surface area contributed by atoms with Crippen molar-refractivity contribution >= 4 is 39.9 Å². The van der Waals surface area contributed by atoms with Crippen LogP contribution in [0.15, 0.2) is 35.7 Å². The van der Waals surface area contributed by atoms with E-state index in [-0.39, 0.29) is 11.7 Å². The Morgan fingerprint density at radius 3 is 2.74 bits per heavy atom. The molecule has 0 radical (unpaired) electrons. The maximum absolute atomic E-state index is 12.9. The number of nitrogens with zero attached hydrogens (tertiary/aromatic N) is 1. The Balaban J connectivity index is 1.61. The molecule has 2 aromatic rings. The minimum atomic E-state index is -0.452. The summed E-state index contributed by atoms with van der Waals surface area (Å²) in [5, 5.41) is 7.75. The quantitative estimate of drug-likeness (QED) is 0.336. The smallest absolute Gasteiger partial charge is 0.330 e. The van der Waals surface area contributed by atoms with Crippen LogP contribution in [0.1, 0.15) is 54.2 Å². The van der Waals surface area contributed by atoms with Crippen LogP contribution in [0.5, 0.6) is 0 Å². The van der Waals surface area contributed by atoms with Gasteiger partial charge in [-0.3, -0.25) is 10.1 Å². The number of allylic oxidation sites excluding steroid dienone is 1. The zero-order valence-corrected chi connectivity index (χ0v) is 18.6. The Morgan fingerprint density at radius 1 is 1.23 bits per heavy atom. The number of Topliss-reactive ketones (excluding diaryl/α,β-unsaturated/α-hetero) is 1. The molecule has 0 saturated heterocycles. The maximum atomic E-state index is 12.9. The third-order valence-electron chi connectivity index (χ3n) is 5.05. The van der Waals surface area contributed by atoms with Crippen LogP contribution in [0, 0.1) is 12.8 Å². The number of nitrogens with one attached hydrogen (secondary N) is 2. The number of rotatable bonds is 8. The molecule has 0 bridgehead atoms. The fourth-order valence-corrected chi connectivity index (χ4v) is 4.27. The lowest BCUT2D eigenvalue weighted by Crippen LogP contribution is -2.22. The highest BCUT2D eigenvalue weighted by Gasteiger charge is 2.26. The van der Waals surface area contributed by atoms with Crippen molar-refractivity contribution in [1.29, 1.82) is 0 Å². The third-order valence-corrected chi connectivity index (χ3v) is 5.86. The molecule has 0 spiro atoms. The van der Waals surface area contributed by atoms with Crippen LogP contribution < -0.4 is 10.6 Å². The molecule has 1 fully saturated rings. The largest absolute Gasteiger partial charge is 0.463 e. The summed E-state index contributed by atoms with van der Waals surface area (Å²) < 4.78 is 4.83. The summed E-state index contributed by atoms with van der Waals surface area (Å²) in [6.45, 7) is 4.01. The number of hydrogen-bond acceptors (Lipinski definition) is 6. The van der Waals surface area contributed by atoms with Crippen molar-refractivity contribution in [3.63, 3.8) is 0 Å². The van der Waals surface area contributed by atoms with E-state index in [1.54, 1.807) is 19.1 Å². The molecule has 2 N–H and O–H groups in total. The Bertz CT molecular complexity index is 977. The second-order valence-corrected chi connectivity index (χ2v) is 8.33. The van der Waals surface area contributed by atoms with Gasteiger partial charge in [0.2, 0.25) is 0 Å². The van der Waals surface area contributed by atoms with Crippen LogP contribution in [0.4, 0.5) is 15.6 Å². The number of ketones is 1. The van der Waals surface area contributed by atoms with Gasteiger partial charge in [0.15, 0.2) is 10.9 Å². The summed E-state index contributed by atoms with van der Waals surface area (Å²) in [6.07, 6.45) is 7.46. The molecule has 1 aliphatic rings. The first-order chi connectivity index (χ1) is 15.0. The molecule has 2 amide bonds. The van der Waals surface area contributed by atoms with E-state index >= 15 is 0 Å². The minimum absolute atomic E-state index is 0.0367. The standard InChI is InChI=1S/C23H27N3O4S/c1-3-30-20(27)10-6-9-17-14-31-23(24-17)26-22(29)25-19-12-11-15(2)13-18(19)21(28)16-7-4-5-8-16/h6,10-14,16H,3-5,7-9H2,1-2H3,(H2,24,25,26,29)/b10-6+. The highest BCUT2D eigenvalue weighted by molar-refractivity contribution is 7.13. The molecule has 0 unspecified atom stereocenters. The average molecular weight is 442 g/mol. The number of carbonyl (C=O) groups is 3. The molecule has 1 saturated carbocycles. The molecule has 1 aliphatic carbocycles. The molecule has 31 heavy (non-hydrogen) atoms. The van der Waals surface area contributed by atoms with Gasteiger partial charge in [-0.05, 0) is 38.8 Å². The first-order valence-electron chi connectivity index (χ1n) is 10.5. The molecule has 8 heteroatoms. The monoisotopic (exact) mass is 441 g/mol. The number of amides is 2. The van der Waals surface area contributed by atoms with Crippen molar-refractivity contribution in [3.8, 4) is 0 Å². The summed E-state index contributed by atoms with van der Waals surface area (Å²) in [7, 11) is 0. The number of anilines is 2. The van der Waals surface area contributed by atoms with Crippen LogP contribution in [0.2, 0.25) is 0 Å². The van der Waals surface area contributed by atoms with E-state index in [4.69, 9.17) is 4.74 Å². The predicted molar refractivity (Wildman–Crippen MR) is 122 cm³/mol. The van der Waals surface area contributed by atoms with Gasteiger partial charge in [-0.2, -0.15) is 0 Å². The van der Waals surface area contributed by atoms with Crippen LogP contribution in [0.3, 0.4) is 0 Å². The third kappa shape index (κ3) is 6.49. The summed E-state index contributed by atoms with van der Waals surface area (Å²) >= 11 is 1.29. The topological polar surface area (TPSA) is 97.4 Å². The molecule has 0 aliphatic heterocycles. The van der Waals surface area contributed by atoms with Crippen molar-refractivity contribution in [2.45, 2.75) is 46.0 Å². The number of thiazole rings is 1. The number of esters is 1. The number of aromatic nitrogens is 1. The van der Waals surface area contributed by atoms with Crippen molar-refractivity contribution < 1.29 is 19.1 Å². The Morgan fingerprint density at radius 2 is 2.00 bits per heavy atom. The second kappa shape index (κ2) is 10.9. The molecule has 1 aromatic heterocycles. The van der Waals surface area contributed by atoms with Crippen molar-refractivity contribution in [1.82, 2.24) is 4.98 Å². The number of ether oxygens (including phenoxy) is 1. The summed E-state index contributed by atoms with van der Waals surface area (Å²) in [5.74, 6) is -0.257. The lowest BCUT2D eigenvalue weighted by atomic mass is 9.94. The molecule has 1 heterocycles. The first kappa shape index (κ1) is 22.7. The lowest BCUT2D eigenvalue weighted by Gasteiger charge is -2.14. The number of aryl methyl sites for hydroxylation is 1. The lowest BCUT2D eigenvalue weighted by molar-refractivity contribution is -0.137. The van der Waals surface area contributed by atoms with E-state index in [1.807, 2.05) is 24.4 Å². The van der Waals surface area contributed by atoms with E-state index in [0.717, 1.165) is 36.9 Å². The van der Waals surface area contributed by atoms with Crippen LogP contribution in [0.25, 0.3) is 0 Å². The van der Waals surface area contributed by atoms with Crippen LogP contribution >= 0.6 is 11.3 Å². The fraction of sp³-hybridized carbons (Fsp3) is 0.391. The average Bonchev–Trinajstić information content (AvgIpc) is 3.41. The summed E-state index contributed by atoms with van der Waals surface area (Å²) in [6, 6.07) is 5.03. The highest BCUT2D eigenvalue weighted by Crippen LogP contribution is 2.31. The van der Waals surface area contributed by atoms with Crippen molar-refractivity contribution in [2.24, 2.45) is 5.92 Å². The molecule has 7 nitrogen and oxygen atoms in total. The summed E-state index contributed by atoms with van der Waals surface area (Å²) in [5.41, 5.74) is 2.78. The van der Waals surface area contributed by atoms with Crippen molar-refractivity contribution in [3.05, 3.63) is 52.6 Å². The summed E-state index contributed by atoms with van der Waals surface area (Å²) in [4.78, 5) is 41.1. The SMILES string of the molecule is CCOC(=O)/C=C/Cc1csc(NC(=O)Nc2ccc(C)cc2C(=O)C2CCCC2)n1. The zero-order valence-electron chi connectivity index (χ0n) is 17.8. The zero-order chi connectivity index (χ0) is 22.2. The van der Waals surface area contributed by atoms with Gasteiger partial charge in [0.1, 0.15) is 0 Å². The normalized spacial score (nSPS) is 14.0. The first-order valence-corrected chi connectivity index (χ1v) is 11.3. The minimum Gasteiger partial charge on any atom is -0.463 e. The van der Waals surface area contributed by atoms with E-state index in [9.17, 15) is 14.4 Å². The van der Waals surface area contributed by atoms with Gasteiger partial charge in [0.25, 0.3) is 0 Å². The van der Waals surface area contributed by atoms with E-state index in [0.29, 0.717) is 29.4 Å². The Labute approximate surface area is 185 Å². The van der Waals surface area contributed by atoms with Gasteiger partial charge in [-0.15, -0.1) is 11.3 Å². The molecule has 164 valence electrons. The Hall–Kier alpha value is -3.00. The van der Waals surface area contributed by atoms with Gasteiger partial charge < -0.3 is 10.1 Å². The second-order valence-electron chi connectivity index (χ2n) is 7.48. The maximum Gasteiger partial charge on any atom is 0.330 e. The number of benzene rings is 1. The number of carbonyl (C=O) groups excluding carboxylic acids is 3. The Kier molecular flexibility index (Phi) is 7.94. The van der Waals surface area contributed by atoms with Gasteiger partial charge in [0.05, 0.1) is 18.0 Å². The van der Waals surface area contributed by atoms with Crippen LogP contribution in [-0.4, -0.2) is 29.4 Å². The van der Waals surface area contributed by atoms with Crippen LogP contribution in [-0.2, 0) is 16.0 Å². The van der Waals surface area contributed by atoms with E-state index < -0.39 is 12.0 Å². The molecule has 0 atom stereocenters. The highest BCUT2D eigenvalue weighted by atomic mass is 32.1. The van der Waals surface area contributed by atoms with Gasteiger partial charge in [-0.1, -0.05) is 30.5 Å².